The summed E-state index contributed by atoms with van der Waals surface area (Å²) in [6, 6.07) is 16.7. The monoisotopic (exact) mass is 410 g/mol. The lowest BCUT2D eigenvalue weighted by atomic mass is 10.0. The number of rotatable bonds is 13. The summed E-state index contributed by atoms with van der Waals surface area (Å²) in [7, 11) is 0. The fraction of sp³-hybridized carbons (Fsp3) is 0.538. The van der Waals surface area contributed by atoms with Crippen molar-refractivity contribution >= 4 is 0 Å². The molecule has 4 heteroatoms. The summed E-state index contributed by atoms with van der Waals surface area (Å²) in [5.41, 5.74) is 2.37. The Morgan fingerprint density at radius 3 is 1.40 bits per heavy atom. The molecule has 0 radical (unpaired) electrons. The van der Waals surface area contributed by atoms with Gasteiger partial charge in [0.1, 0.15) is 11.5 Å². The molecule has 4 atom stereocenters. The Labute approximate surface area is 180 Å². The highest BCUT2D eigenvalue weighted by Crippen LogP contribution is 2.27. The maximum atomic E-state index is 5.89. The average Bonchev–Trinajstić information content (AvgIpc) is 3.66. The lowest BCUT2D eigenvalue weighted by molar-refractivity contribution is 0.275. The summed E-state index contributed by atoms with van der Waals surface area (Å²) >= 11 is 0. The molecule has 2 aromatic carbocycles. The zero-order valence-corrected chi connectivity index (χ0v) is 18.2. The fourth-order valence-corrected chi connectivity index (χ4v) is 3.82. The maximum Gasteiger partial charge on any atom is 0.119 e. The van der Waals surface area contributed by atoms with Crippen molar-refractivity contribution < 1.29 is 18.9 Å². The van der Waals surface area contributed by atoms with Gasteiger partial charge in [-0.3, -0.25) is 0 Å². The second kappa shape index (κ2) is 10.3. The molecule has 0 N–H and O–H groups in total. The standard InChI is InChI=1S/C26H34O4/c1-19(25-17-29-25)5-3-15-27-23-11-7-21(8-12-23)22-9-13-24(14-10-22)28-16-4-6-20(2)26-18-30-26/h7-14,19-20,25-26H,3-6,15-18H2,1-2H3. The van der Waals surface area contributed by atoms with Crippen molar-refractivity contribution in [1.82, 2.24) is 0 Å². The zero-order valence-electron chi connectivity index (χ0n) is 18.2. The normalized spacial score (nSPS) is 21.7. The Hall–Kier alpha value is -2.04. The Balaban J connectivity index is 1.17. The summed E-state index contributed by atoms with van der Waals surface area (Å²) in [6.07, 6.45) is 5.44. The quantitative estimate of drug-likeness (QED) is 0.312. The van der Waals surface area contributed by atoms with Crippen LogP contribution >= 0.6 is 0 Å². The van der Waals surface area contributed by atoms with E-state index < -0.39 is 0 Å². The molecule has 0 aromatic heterocycles. The molecule has 2 saturated heterocycles. The van der Waals surface area contributed by atoms with E-state index in [9.17, 15) is 0 Å². The van der Waals surface area contributed by atoms with Gasteiger partial charge in [-0.2, -0.15) is 0 Å². The molecule has 0 saturated carbocycles. The molecular weight excluding hydrogens is 376 g/mol. The zero-order chi connectivity index (χ0) is 20.8. The SMILES string of the molecule is CC(CCCOc1ccc(-c2ccc(OCCCC(C)C3CO3)cc2)cc1)C1CO1. The summed E-state index contributed by atoms with van der Waals surface area (Å²) < 4.78 is 22.5. The van der Waals surface area contributed by atoms with E-state index in [1.807, 2.05) is 0 Å². The summed E-state index contributed by atoms with van der Waals surface area (Å²) in [4.78, 5) is 0. The molecule has 162 valence electrons. The maximum absolute atomic E-state index is 5.89. The number of epoxide rings is 2. The van der Waals surface area contributed by atoms with Gasteiger partial charge in [0.15, 0.2) is 0 Å². The minimum absolute atomic E-state index is 0.493. The van der Waals surface area contributed by atoms with Gasteiger partial charge in [-0.25, -0.2) is 0 Å². The molecule has 0 aliphatic carbocycles. The van der Waals surface area contributed by atoms with Crippen LogP contribution in [0.4, 0.5) is 0 Å². The van der Waals surface area contributed by atoms with Crippen LogP contribution in [0.5, 0.6) is 11.5 Å². The van der Waals surface area contributed by atoms with Gasteiger partial charge in [0.2, 0.25) is 0 Å². The van der Waals surface area contributed by atoms with Crippen LogP contribution in [0.15, 0.2) is 48.5 Å². The molecule has 0 amide bonds. The first-order chi connectivity index (χ1) is 14.7. The molecule has 2 heterocycles. The average molecular weight is 411 g/mol. The Kier molecular flexibility index (Phi) is 7.29. The second-order valence-corrected chi connectivity index (χ2v) is 8.73. The van der Waals surface area contributed by atoms with E-state index >= 15 is 0 Å². The van der Waals surface area contributed by atoms with Crippen LogP contribution in [-0.4, -0.2) is 38.6 Å². The van der Waals surface area contributed by atoms with E-state index in [4.69, 9.17) is 18.9 Å². The number of hydrogen-bond acceptors (Lipinski definition) is 4. The van der Waals surface area contributed by atoms with Gasteiger partial charge in [0.05, 0.1) is 38.6 Å². The molecule has 2 aromatic rings. The first-order valence-corrected chi connectivity index (χ1v) is 11.4. The first-order valence-electron chi connectivity index (χ1n) is 11.4. The van der Waals surface area contributed by atoms with Gasteiger partial charge in [-0.1, -0.05) is 38.1 Å². The van der Waals surface area contributed by atoms with Gasteiger partial charge < -0.3 is 18.9 Å². The Morgan fingerprint density at radius 1 is 0.700 bits per heavy atom. The van der Waals surface area contributed by atoms with Crippen LogP contribution in [0.25, 0.3) is 11.1 Å². The molecule has 30 heavy (non-hydrogen) atoms. The fourth-order valence-electron chi connectivity index (χ4n) is 3.82. The lowest BCUT2D eigenvalue weighted by Crippen LogP contribution is -2.06. The lowest BCUT2D eigenvalue weighted by Gasteiger charge is -2.11. The minimum Gasteiger partial charge on any atom is -0.494 e. The van der Waals surface area contributed by atoms with Crippen molar-refractivity contribution in [2.45, 2.75) is 51.7 Å². The van der Waals surface area contributed by atoms with Gasteiger partial charge in [-0.15, -0.1) is 0 Å². The minimum atomic E-state index is 0.493. The van der Waals surface area contributed by atoms with E-state index in [1.54, 1.807) is 0 Å². The molecule has 4 rings (SSSR count). The van der Waals surface area contributed by atoms with Crippen molar-refractivity contribution in [1.29, 1.82) is 0 Å². The van der Waals surface area contributed by atoms with Crippen molar-refractivity contribution in [3.8, 4) is 22.6 Å². The van der Waals surface area contributed by atoms with E-state index in [0.29, 0.717) is 24.0 Å². The Bertz CT molecular complexity index is 695. The Morgan fingerprint density at radius 2 is 1.07 bits per heavy atom. The third-order valence-electron chi connectivity index (χ3n) is 6.17. The molecule has 2 aliphatic heterocycles. The van der Waals surface area contributed by atoms with Crippen LogP contribution in [0.2, 0.25) is 0 Å². The molecule has 0 bridgehead atoms. The van der Waals surface area contributed by atoms with Crippen LogP contribution in [0.3, 0.4) is 0 Å². The summed E-state index contributed by atoms with van der Waals surface area (Å²) in [6.45, 7) is 7.91. The third-order valence-corrected chi connectivity index (χ3v) is 6.17. The number of hydrogen-bond donors (Lipinski definition) is 0. The van der Waals surface area contributed by atoms with Gasteiger partial charge in [0.25, 0.3) is 0 Å². The second-order valence-electron chi connectivity index (χ2n) is 8.73. The van der Waals surface area contributed by atoms with Crippen molar-refractivity contribution in [2.24, 2.45) is 11.8 Å². The van der Waals surface area contributed by atoms with Crippen LogP contribution < -0.4 is 9.47 Å². The van der Waals surface area contributed by atoms with E-state index in [1.165, 1.54) is 11.1 Å². The van der Waals surface area contributed by atoms with Crippen molar-refractivity contribution in [2.75, 3.05) is 26.4 Å². The molecule has 2 aliphatic rings. The summed E-state index contributed by atoms with van der Waals surface area (Å²) in [5.74, 6) is 3.15. The molecule has 0 spiro atoms. The van der Waals surface area contributed by atoms with Crippen molar-refractivity contribution in [3.05, 3.63) is 48.5 Å². The number of ether oxygens (including phenoxy) is 4. The molecular formula is C26H34O4. The predicted molar refractivity (Wildman–Crippen MR) is 119 cm³/mol. The van der Waals surface area contributed by atoms with Crippen LogP contribution in [0, 0.1) is 11.8 Å². The van der Waals surface area contributed by atoms with E-state index in [0.717, 1.165) is 63.6 Å². The molecule has 4 nitrogen and oxygen atoms in total. The van der Waals surface area contributed by atoms with Gasteiger partial charge in [0, 0.05) is 0 Å². The number of benzene rings is 2. The van der Waals surface area contributed by atoms with E-state index in [2.05, 4.69) is 62.4 Å². The highest BCUT2D eigenvalue weighted by atomic mass is 16.6. The van der Waals surface area contributed by atoms with E-state index in [-0.39, 0.29) is 0 Å². The van der Waals surface area contributed by atoms with Gasteiger partial charge in [-0.05, 0) is 72.9 Å². The highest BCUT2D eigenvalue weighted by Gasteiger charge is 2.29. The first kappa shape index (κ1) is 21.2. The molecule has 4 unspecified atom stereocenters. The van der Waals surface area contributed by atoms with Gasteiger partial charge >= 0.3 is 0 Å². The van der Waals surface area contributed by atoms with Crippen LogP contribution in [-0.2, 0) is 9.47 Å². The topological polar surface area (TPSA) is 43.5 Å². The summed E-state index contributed by atoms with van der Waals surface area (Å²) in [5, 5.41) is 0. The third kappa shape index (κ3) is 6.48. The molecule has 2 fully saturated rings. The van der Waals surface area contributed by atoms with Crippen LogP contribution in [0.1, 0.15) is 39.5 Å². The smallest absolute Gasteiger partial charge is 0.119 e. The highest BCUT2D eigenvalue weighted by molar-refractivity contribution is 5.64. The predicted octanol–water partition coefficient (Wildman–Crippen LogP) is 5.74. The van der Waals surface area contributed by atoms with Crippen molar-refractivity contribution in [3.63, 3.8) is 0 Å². The largest absolute Gasteiger partial charge is 0.494 e.